The second-order valence-electron chi connectivity index (χ2n) is 10.9. The van der Waals surface area contributed by atoms with Gasteiger partial charge in [-0.05, 0) is 92.8 Å². The highest BCUT2D eigenvalue weighted by molar-refractivity contribution is 5.83. The number of phenols is 1. The van der Waals surface area contributed by atoms with Crippen LogP contribution in [0.1, 0.15) is 61.6 Å². The molecule has 5 atom stereocenters. The smallest absolute Gasteiger partial charge is 0.335 e. The van der Waals surface area contributed by atoms with Gasteiger partial charge in [0.1, 0.15) is 5.75 Å². The van der Waals surface area contributed by atoms with E-state index in [1.54, 1.807) is 0 Å². The number of unbranched alkanes of at least 4 members (excludes halogenated alkanes) is 1. The maximum Gasteiger partial charge on any atom is 0.335 e. The number of nitrogens with zero attached hydrogens (tertiary/aromatic N) is 1. The van der Waals surface area contributed by atoms with Crippen molar-refractivity contribution in [2.75, 3.05) is 13.1 Å². The van der Waals surface area contributed by atoms with E-state index >= 15 is 0 Å². The van der Waals surface area contributed by atoms with Gasteiger partial charge in [0, 0.05) is 11.5 Å². The molecule has 5 rings (SSSR count). The molecule has 2 aliphatic carbocycles. The standard InChI is InChI=1S/C26H33NO.C4H6O6/c28-22-13-12-21-18-25-23-11-4-6-14-26(23,24(21)19-22)15-17-27(25)16-7-5-10-20-8-2-1-3-9-20;5-1(3(7)8)2(6)4(9)10/h1-3,8-9,12-13,19,23,25,28H,4-7,10-11,14-18H2;1-2,5-6H,(H,7,8)(H,9,10)/t23-,25+,26+;/m0./s1. The van der Waals surface area contributed by atoms with Gasteiger partial charge in [0.15, 0.2) is 12.2 Å². The van der Waals surface area contributed by atoms with Crippen molar-refractivity contribution in [3.05, 3.63) is 65.2 Å². The molecule has 0 spiro atoms. The predicted octanol–water partition coefficient (Wildman–Crippen LogP) is 3.35. The van der Waals surface area contributed by atoms with Gasteiger partial charge in [0.25, 0.3) is 0 Å². The second kappa shape index (κ2) is 12.3. The number of carboxylic acid groups (broad SMARTS) is 2. The van der Waals surface area contributed by atoms with Crippen molar-refractivity contribution in [2.24, 2.45) is 5.92 Å². The Labute approximate surface area is 223 Å². The normalized spacial score (nSPS) is 25.6. The van der Waals surface area contributed by atoms with Gasteiger partial charge < -0.3 is 25.5 Å². The van der Waals surface area contributed by atoms with E-state index < -0.39 is 24.1 Å². The van der Waals surface area contributed by atoms with Crippen LogP contribution < -0.4 is 0 Å². The van der Waals surface area contributed by atoms with Crippen molar-refractivity contribution < 1.29 is 35.1 Å². The first-order valence-corrected chi connectivity index (χ1v) is 13.6. The zero-order valence-electron chi connectivity index (χ0n) is 21.7. The monoisotopic (exact) mass is 525 g/mol. The molecule has 2 bridgehead atoms. The van der Waals surface area contributed by atoms with Crippen LogP contribution in [0.5, 0.6) is 5.75 Å². The Balaban J connectivity index is 0.000000289. The summed E-state index contributed by atoms with van der Waals surface area (Å²) in [6.45, 7) is 2.49. The molecule has 1 saturated heterocycles. The summed E-state index contributed by atoms with van der Waals surface area (Å²) in [7, 11) is 0. The molecular formula is C30H39NO7. The number of rotatable bonds is 8. The van der Waals surface area contributed by atoms with Gasteiger partial charge in [0.2, 0.25) is 0 Å². The molecule has 1 heterocycles. The van der Waals surface area contributed by atoms with Crippen LogP contribution in [0, 0.1) is 5.92 Å². The number of aliphatic hydroxyl groups excluding tert-OH is 2. The number of benzene rings is 2. The summed E-state index contributed by atoms with van der Waals surface area (Å²) in [6, 6.07) is 17.9. The number of fused-ring (bicyclic) bond motifs is 1. The first kappa shape index (κ1) is 28.1. The van der Waals surface area contributed by atoms with Gasteiger partial charge >= 0.3 is 11.9 Å². The van der Waals surface area contributed by atoms with E-state index in [2.05, 4.69) is 47.4 Å². The SMILES string of the molecule is O=C(O)C(O)C(O)C(=O)O.Oc1ccc2c(c1)[C@@]13CCCC[C@H]1[C@@H](C2)N(CCCCc1ccccc1)CC3. The number of aromatic hydroxyl groups is 1. The number of aliphatic hydroxyl groups is 2. The highest BCUT2D eigenvalue weighted by atomic mass is 16.4. The molecule has 206 valence electrons. The molecule has 5 N–H and O–H groups in total. The van der Waals surface area contributed by atoms with Crippen LogP contribution in [-0.4, -0.2) is 73.7 Å². The molecule has 8 nitrogen and oxygen atoms in total. The lowest BCUT2D eigenvalue weighted by atomic mass is 9.52. The predicted molar refractivity (Wildman–Crippen MR) is 142 cm³/mol. The summed E-state index contributed by atoms with van der Waals surface area (Å²) in [4.78, 5) is 22.4. The molecule has 2 unspecified atom stereocenters. The Bertz CT molecular complexity index is 1090. The van der Waals surface area contributed by atoms with Crippen LogP contribution in [-0.2, 0) is 27.8 Å². The van der Waals surface area contributed by atoms with E-state index in [1.807, 2.05) is 6.07 Å². The topological polar surface area (TPSA) is 139 Å². The van der Waals surface area contributed by atoms with Gasteiger partial charge in [-0.1, -0.05) is 49.2 Å². The molecule has 0 amide bonds. The van der Waals surface area contributed by atoms with Crippen LogP contribution >= 0.6 is 0 Å². The van der Waals surface area contributed by atoms with Crippen molar-refractivity contribution in [1.82, 2.24) is 4.90 Å². The number of likely N-dealkylation sites (tertiary alicyclic amines) is 1. The summed E-state index contributed by atoms with van der Waals surface area (Å²) in [5.41, 5.74) is 4.82. The molecule has 8 heteroatoms. The Morgan fingerprint density at radius 3 is 2.34 bits per heavy atom. The molecule has 0 radical (unpaired) electrons. The van der Waals surface area contributed by atoms with Crippen molar-refractivity contribution in [3.8, 4) is 5.75 Å². The summed E-state index contributed by atoms with van der Waals surface area (Å²) in [5, 5.41) is 42.7. The lowest BCUT2D eigenvalue weighted by Crippen LogP contribution is -2.61. The average Bonchev–Trinajstić information content (AvgIpc) is 2.92. The fourth-order valence-corrected chi connectivity index (χ4v) is 6.91. The number of aryl methyl sites for hydroxylation is 1. The molecule has 3 aliphatic rings. The van der Waals surface area contributed by atoms with Crippen LogP contribution in [0.3, 0.4) is 0 Å². The van der Waals surface area contributed by atoms with Gasteiger partial charge in [-0.3, -0.25) is 4.90 Å². The molecule has 0 aromatic heterocycles. The maximum atomic E-state index is 10.2. The lowest BCUT2D eigenvalue weighted by molar-refractivity contribution is -0.165. The zero-order valence-corrected chi connectivity index (χ0v) is 21.7. The molecule has 1 aliphatic heterocycles. The summed E-state index contributed by atoms with van der Waals surface area (Å²) < 4.78 is 0. The van der Waals surface area contributed by atoms with Crippen LogP contribution in [0.4, 0.5) is 0 Å². The second-order valence-corrected chi connectivity index (χ2v) is 10.9. The van der Waals surface area contributed by atoms with E-state index in [9.17, 15) is 14.7 Å². The molecule has 2 aromatic carbocycles. The number of carbonyl (C=O) groups is 2. The van der Waals surface area contributed by atoms with E-state index in [0.717, 1.165) is 5.92 Å². The lowest BCUT2D eigenvalue weighted by Gasteiger charge is -2.59. The van der Waals surface area contributed by atoms with Crippen molar-refractivity contribution >= 4 is 11.9 Å². The van der Waals surface area contributed by atoms with Crippen molar-refractivity contribution in [2.45, 2.75) is 81.5 Å². The molecule has 2 aromatic rings. The number of hydrogen-bond donors (Lipinski definition) is 5. The first-order valence-electron chi connectivity index (χ1n) is 13.6. The van der Waals surface area contributed by atoms with Crippen LogP contribution in [0.25, 0.3) is 0 Å². The van der Waals surface area contributed by atoms with Gasteiger partial charge in [-0.15, -0.1) is 0 Å². The molecule has 1 saturated carbocycles. The van der Waals surface area contributed by atoms with E-state index in [4.69, 9.17) is 20.4 Å². The Morgan fingerprint density at radius 2 is 1.66 bits per heavy atom. The summed E-state index contributed by atoms with van der Waals surface area (Å²) >= 11 is 0. The Morgan fingerprint density at radius 1 is 0.947 bits per heavy atom. The minimum absolute atomic E-state index is 0.343. The van der Waals surface area contributed by atoms with Crippen molar-refractivity contribution in [1.29, 1.82) is 0 Å². The van der Waals surface area contributed by atoms with E-state index in [0.29, 0.717) is 17.2 Å². The number of carboxylic acids is 2. The average molecular weight is 526 g/mol. The van der Waals surface area contributed by atoms with Crippen molar-refractivity contribution in [3.63, 3.8) is 0 Å². The fourth-order valence-electron chi connectivity index (χ4n) is 6.91. The third kappa shape index (κ3) is 6.03. The number of hydrogen-bond acceptors (Lipinski definition) is 6. The first-order chi connectivity index (χ1) is 18.2. The summed E-state index contributed by atoms with van der Waals surface area (Å²) in [5.74, 6) is -2.29. The Hall–Kier alpha value is -2.94. The van der Waals surface area contributed by atoms with Crippen LogP contribution in [0.2, 0.25) is 0 Å². The van der Waals surface area contributed by atoms with E-state index in [-0.39, 0.29) is 0 Å². The quantitative estimate of drug-likeness (QED) is 0.331. The largest absolute Gasteiger partial charge is 0.508 e. The van der Waals surface area contributed by atoms with Gasteiger partial charge in [-0.25, -0.2) is 9.59 Å². The maximum absolute atomic E-state index is 10.2. The summed E-state index contributed by atoms with van der Waals surface area (Å²) in [6.07, 6.45) is 7.16. The minimum atomic E-state index is -2.27. The minimum Gasteiger partial charge on any atom is -0.508 e. The number of aliphatic carboxylic acids is 2. The molecular weight excluding hydrogens is 486 g/mol. The van der Waals surface area contributed by atoms with Gasteiger partial charge in [-0.2, -0.15) is 0 Å². The molecule has 38 heavy (non-hydrogen) atoms. The third-order valence-corrected chi connectivity index (χ3v) is 8.74. The van der Waals surface area contributed by atoms with Crippen LogP contribution in [0.15, 0.2) is 48.5 Å². The van der Waals surface area contributed by atoms with E-state index in [1.165, 1.54) is 87.6 Å². The highest BCUT2D eigenvalue weighted by Gasteiger charge is 2.53. The van der Waals surface area contributed by atoms with Gasteiger partial charge in [0.05, 0.1) is 0 Å². The highest BCUT2D eigenvalue weighted by Crippen LogP contribution is 2.56. The fraction of sp³-hybridized carbons (Fsp3) is 0.533. The third-order valence-electron chi connectivity index (χ3n) is 8.74. The zero-order chi connectivity index (χ0) is 27.3. The molecule has 2 fully saturated rings. The number of phenolic OH excluding ortho intramolecular Hbond substituents is 1. The Kier molecular flexibility index (Phi) is 9.07. The number of piperidine rings is 1.